The van der Waals surface area contributed by atoms with Crippen molar-refractivity contribution in [2.75, 3.05) is 13.2 Å². The SMILES string of the molecule is CC(C)CC(C)CC(=O)NC1(CC(=O)O)CCOC1. The molecule has 1 amide bonds. The molecule has 19 heavy (non-hydrogen) atoms. The second-order valence-corrected chi connectivity index (χ2v) is 6.14. The van der Waals surface area contributed by atoms with E-state index in [1.165, 1.54) is 0 Å². The van der Waals surface area contributed by atoms with Crippen molar-refractivity contribution in [2.45, 2.75) is 52.0 Å². The lowest BCUT2D eigenvalue weighted by atomic mass is 9.92. The fraction of sp³-hybridized carbons (Fsp3) is 0.857. The Morgan fingerprint density at radius 2 is 2.05 bits per heavy atom. The Labute approximate surface area is 114 Å². The molecule has 2 unspecified atom stereocenters. The Hall–Kier alpha value is -1.10. The third-order valence-electron chi connectivity index (χ3n) is 3.41. The van der Waals surface area contributed by atoms with Crippen LogP contribution >= 0.6 is 0 Å². The van der Waals surface area contributed by atoms with Gasteiger partial charge >= 0.3 is 5.97 Å². The largest absolute Gasteiger partial charge is 0.481 e. The fourth-order valence-electron chi connectivity index (χ4n) is 2.73. The molecule has 1 saturated heterocycles. The van der Waals surface area contributed by atoms with Gasteiger partial charge in [-0.3, -0.25) is 9.59 Å². The van der Waals surface area contributed by atoms with Crippen LogP contribution in [-0.4, -0.2) is 35.7 Å². The van der Waals surface area contributed by atoms with Crippen LogP contribution in [0.5, 0.6) is 0 Å². The van der Waals surface area contributed by atoms with E-state index in [0.717, 1.165) is 6.42 Å². The summed E-state index contributed by atoms with van der Waals surface area (Å²) >= 11 is 0. The van der Waals surface area contributed by atoms with Gasteiger partial charge in [0.05, 0.1) is 18.6 Å². The molecule has 1 aliphatic rings. The van der Waals surface area contributed by atoms with E-state index in [1.54, 1.807) is 0 Å². The summed E-state index contributed by atoms with van der Waals surface area (Å²) in [5, 5.41) is 11.8. The first-order valence-electron chi connectivity index (χ1n) is 6.93. The van der Waals surface area contributed by atoms with Crippen LogP contribution < -0.4 is 5.32 Å². The molecule has 1 aliphatic heterocycles. The monoisotopic (exact) mass is 271 g/mol. The summed E-state index contributed by atoms with van der Waals surface area (Å²) < 4.78 is 5.25. The van der Waals surface area contributed by atoms with Crippen molar-refractivity contribution in [3.63, 3.8) is 0 Å². The van der Waals surface area contributed by atoms with Crippen LogP contribution in [0.25, 0.3) is 0 Å². The van der Waals surface area contributed by atoms with E-state index < -0.39 is 11.5 Å². The van der Waals surface area contributed by atoms with Crippen LogP contribution in [-0.2, 0) is 14.3 Å². The van der Waals surface area contributed by atoms with Crippen molar-refractivity contribution in [1.82, 2.24) is 5.32 Å². The Balaban J connectivity index is 2.50. The predicted molar refractivity (Wildman–Crippen MR) is 71.8 cm³/mol. The molecule has 0 aliphatic carbocycles. The zero-order chi connectivity index (χ0) is 14.5. The smallest absolute Gasteiger partial charge is 0.305 e. The highest BCUT2D eigenvalue weighted by Gasteiger charge is 2.38. The minimum atomic E-state index is -0.902. The molecule has 0 aromatic carbocycles. The van der Waals surface area contributed by atoms with Crippen molar-refractivity contribution < 1.29 is 19.4 Å². The number of carboxylic acids is 1. The molecule has 0 aromatic heterocycles. The molecule has 1 heterocycles. The molecule has 0 aromatic rings. The maximum Gasteiger partial charge on any atom is 0.305 e. The standard InChI is InChI=1S/C14H25NO4/c1-10(2)6-11(3)7-12(16)15-14(8-13(17)18)4-5-19-9-14/h10-11H,4-9H2,1-3H3,(H,15,16)(H,17,18). The highest BCUT2D eigenvalue weighted by atomic mass is 16.5. The van der Waals surface area contributed by atoms with E-state index in [-0.39, 0.29) is 12.3 Å². The lowest BCUT2D eigenvalue weighted by Gasteiger charge is -2.27. The Morgan fingerprint density at radius 3 is 2.53 bits per heavy atom. The molecule has 2 N–H and O–H groups in total. The van der Waals surface area contributed by atoms with Crippen LogP contribution in [0, 0.1) is 11.8 Å². The molecule has 5 heteroatoms. The first-order chi connectivity index (χ1) is 8.83. The number of hydrogen-bond acceptors (Lipinski definition) is 3. The van der Waals surface area contributed by atoms with Crippen molar-refractivity contribution in [1.29, 1.82) is 0 Å². The van der Waals surface area contributed by atoms with Crippen LogP contribution in [0.3, 0.4) is 0 Å². The zero-order valence-electron chi connectivity index (χ0n) is 12.1. The normalized spacial score (nSPS) is 24.4. The number of aliphatic carboxylic acids is 1. The van der Waals surface area contributed by atoms with E-state index >= 15 is 0 Å². The van der Waals surface area contributed by atoms with E-state index in [2.05, 4.69) is 26.1 Å². The van der Waals surface area contributed by atoms with E-state index in [4.69, 9.17) is 9.84 Å². The molecule has 0 spiro atoms. The molecule has 1 fully saturated rings. The molecule has 2 atom stereocenters. The Kier molecular flexibility index (Phi) is 5.79. The summed E-state index contributed by atoms with van der Waals surface area (Å²) in [5.41, 5.74) is -0.708. The van der Waals surface area contributed by atoms with Crippen molar-refractivity contribution >= 4 is 11.9 Å². The summed E-state index contributed by atoms with van der Waals surface area (Å²) in [4.78, 5) is 22.9. The summed E-state index contributed by atoms with van der Waals surface area (Å²) in [6, 6.07) is 0. The van der Waals surface area contributed by atoms with Gasteiger partial charge in [-0.25, -0.2) is 0 Å². The van der Waals surface area contributed by atoms with Gasteiger partial charge in [0.15, 0.2) is 0 Å². The number of rotatable bonds is 7. The Bertz CT molecular complexity index is 321. The minimum Gasteiger partial charge on any atom is -0.481 e. The van der Waals surface area contributed by atoms with Crippen LogP contribution in [0.15, 0.2) is 0 Å². The van der Waals surface area contributed by atoms with Gasteiger partial charge in [0.1, 0.15) is 0 Å². The molecular formula is C14H25NO4. The summed E-state index contributed by atoms with van der Waals surface area (Å²) in [7, 11) is 0. The lowest BCUT2D eigenvalue weighted by molar-refractivity contribution is -0.139. The van der Waals surface area contributed by atoms with Gasteiger partial charge < -0.3 is 15.2 Å². The first-order valence-corrected chi connectivity index (χ1v) is 6.93. The molecular weight excluding hydrogens is 246 g/mol. The number of carboxylic acid groups (broad SMARTS) is 1. The van der Waals surface area contributed by atoms with Crippen molar-refractivity contribution in [3.8, 4) is 0 Å². The number of carbonyl (C=O) groups is 2. The average Bonchev–Trinajstić information content (AvgIpc) is 2.62. The predicted octanol–water partition coefficient (Wildman–Crippen LogP) is 1.81. The maximum atomic E-state index is 12.0. The summed E-state index contributed by atoms with van der Waals surface area (Å²) in [6.45, 7) is 7.11. The second-order valence-electron chi connectivity index (χ2n) is 6.14. The second kappa shape index (κ2) is 6.89. The van der Waals surface area contributed by atoms with Crippen LogP contribution in [0.1, 0.15) is 46.5 Å². The van der Waals surface area contributed by atoms with Gasteiger partial charge in [-0.1, -0.05) is 20.8 Å². The molecule has 0 bridgehead atoms. The fourth-order valence-corrected chi connectivity index (χ4v) is 2.73. The van der Waals surface area contributed by atoms with E-state index in [0.29, 0.717) is 37.9 Å². The van der Waals surface area contributed by atoms with Gasteiger partial charge in [-0.2, -0.15) is 0 Å². The molecule has 5 nitrogen and oxygen atoms in total. The minimum absolute atomic E-state index is 0.0695. The molecule has 0 saturated carbocycles. The van der Waals surface area contributed by atoms with Gasteiger partial charge in [-0.15, -0.1) is 0 Å². The highest BCUT2D eigenvalue weighted by molar-refractivity contribution is 5.78. The summed E-state index contributed by atoms with van der Waals surface area (Å²) in [5.74, 6) is -0.101. The molecule has 0 radical (unpaired) electrons. The first kappa shape index (κ1) is 16.0. The number of hydrogen-bond donors (Lipinski definition) is 2. The van der Waals surface area contributed by atoms with E-state index in [9.17, 15) is 9.59 Å². The average molecular weight is 271 g/mol. The third-order valence-corrected chi connectivity index (χ3v) is 3.41. The number of carbonyl (C=O) groups excluding carboxylic acids is 1. The number of amides is 1. The molecule has 1 rings (SSSR count). The zero-order valence-corrected chi connectivity index (χ0v) is 12.1. The maximum absolute atomic E-state index is 12.0. The number of ether oxygens (including phenoxy) is 1. The molecule has 110 valence electrons. The topological polar surface area (TPSA) is 75.6 Å². The van der Waals surface area contributed by atoms with Crippen LogP contribution in [0.2, 0.25) is 0 Å². The quantitative estimate of drug-likeness (QED) is 0.740. The van der Waals surface area contributed by atoms with Crippen LogP contribution in [0.4, 0.5) is 0 Å². The lowest BCUT2D eigenvalue weighted by Crippen LogP contribution is -2.50. The van der Waals surface area contributed by atoms with Crippen molar-refractivity contribution in [2.24, 2.45) is 11.8 Å². The highest BCUT2D eigenvalue weighted by Crippen LogP contribution is 2.23. The van der Waals surface area contributed by atoms with E-state index in [1.807, 2.05) is 0 Å². The third kappa shape index (κ3) is 5.59. The number of nitrogens with one attached hydrogen (secondary N) is 1. The van der Waals surface area contributed by atoms with Gasteiger partial charge in [-0.05, 0) is 24.7 Å². The summed E-state index contributed by atoms with van der Waals surface area (Å²) in [6.07, 6.45) is 1.94. The van der Waals surface area contributed by atoms with Gasteiger partial charge in [0.2, 0.25) is 5.91 Å². The van der Waals surface area contributed by atoms with Gasteiger partial charge in [0, 0.05) is 13.0 Å². The van der Waals surface area contributed by atoms with Gasteiger partial charge in [0.25, 0.3) is 0 Å². The van der Waals surface area contributed by atoms with Crippen molar-refractivity contribution in [3.05, 3.63) is 0 Å². The Morgan fingerprint density at radius 1 is 1.37 bits per heavy atom.